The molecule has 4 fully saturated rings. The van der Waals surface area contributed by atoms with Crippen LogP contribution in [0.1, 0.15) is 158 Å². The molecular weight excluding hydrogens is 1170 g/mol. The van der Waals surface area contributed by atoms with Crippen LogP contribution in [-0.4, -0.2) is 138 Å². The fraction of sp³-hybridized carbons (Fsp3) is 0.648. The van der Waals surface area contributed by atoms with Gasteiger partial charge in [-0.1, -0.05) is 110 Å². The summed E-state index contributed by atoms with van der Waals surface area (Å²) in [5, 5.41) is 19.5. The first kappa shape index (κ1) is 74.9. The standard InChI is InChI=1S/C39H54O8S.C31H48O8S.CH4/c1-26(24-45-37(40)30-15-10-8-11-16-30)21-34-29(4)33(25-48(42,43)32-18-12-9-13-19-32)36(47-34)23-35-28(3)27(2)22-31(46-35)17-14-20-44-38(41)39(5,6)7;1-20-15-24(11-10-14-37-30(34)31(4,5)6)38-28(21(20)2)17-29-26(22(3)27(39-29)16-23(33)18-32)19-40(35,36)25-12-8-7-9-13-25;/h8-13,15-16,18-19,26-27,29,31,33-36H,3,14,17,20-25H2,1-2,4-7H3;7-9,12-13,20,22-24,26-29,32-33H,2,10-11,14-19H2,1,3-6H3;1H4/t26-,27+,29+,31-,33+,34+,35+,36?;20-,22-,23+,24+,26-,27-,28-,29?;/m01./s1. The average molecular weight is 1280 g/mol. The summed E-state index contributed by atoms with van der Waals surface area (Å²) in [5.74, 6) is -1.23. The summed E-state index contributed by atoms with van der Waals surface area (Å²) in [7, 11) is -7.15. The third-order valence-electron chi connectivity index (χ3n) is 18.0. The summed E-state index contributed by atoms with van der Waals surface area (Å²) in [6, 6.07) is 25.9. The monoisotopic (exact) mass is 1280 g/mol. The molecule has 0 aliphatic carbocycles. The number of hydrogen-bond donors (Lipinski definition) is 2. The first-order chi connectivity index (χ1) is 41.4. The van der Waals surface area contributed by atoms with E-state index in [0.29, 0.717) is 55.8 Å². The molecular formula is C71H106O16S2. The zero-order valence-corrected chi connectivity index (χ0v) is 55.7. The Balaban J connectivity index is 0.000000326. The van der Waals surface area contributed by atoms with Gasteiger partial charge in [-0.05, 0) is 164 Å². The minimum absolute atomic E-state index is 0. The lowest BCUT2D eigenvalue weighted by molar-refractivity contribution is -0.154. The Hall–Kier alpha value is -4.79. The average Bonchev–Trinajstić information content (AvgIpc) is 2.06. The van der Waals surface area contributed by atoms with Gasteiger partial charge in [-0.25, -0.2) is 21.6 Å². The molecule has 498 valence electrons. The zero-order chi connectivity index (χ0) is 64.7. The molecule has 16 atom stereocenters. The van der Waals surface area contributed by atoms with Crippen LogP contribution in [0.2, 0.25) is 0 Å². The number of aliphatic hydroxyl groups excluding tert-OH is 2. The molecule has 2 N–H and O–H groups in total. The molecule has 16 nitrogen and oxygen atoms in total. The van der Waals surface area contributed by atoms with E-state index in [1.807, 2.05) is 67.5 Å². The molecule has 4 saturated heterocycles. The molecule has 7 rings (SSSR count). The highest BCUT2D eigenvalue weighted by Crippen LogP contribution is 2.44. The fourth-order valence-electron chi connectivity index (χ4n) is 12.4. The molecule has 2 unspecified atom stereocenters. The van der Waals surface area contributed by atoms with Crippen LogP contribution in [0.15, 0.2) is 125 Å². The summed E-state index contributed by atoms with van der Waals surface area (Å²) in [4.78, 5) is 37.4. The molecule has 4 aliphatic rings. The number of ether oxygens (including phenoxy) is 7. The van der Waals surface area contributed by atoms with Gasteiger partial charge in [0.15, 0.2) is 19.7 Å². The highest BCUT2D eigenvalue weighted by molar-refractivity contribution is 7.91. The maximum atomic E-state index is 13.6. The maximum absolute atomic E-state index is 13.6. The van der Waals surface area contributed by atoms with E-state index in [4.69, 9.17) is 33.2 Å². The molecule has 0 spiro atoms. The Morgan fingerprint density at radius 1 is 0.584 bits per heavy atom. The van der Waals surface area contributed by atoms with Crippen LogP contribution < -0.4 is 0 Å². The predicted octanol–water partition coefficient (Wildman–Crippen LogP) is 12.4. The topological polar surface area (TPSA) is 225 Å². The van der Waals surface area contributed by atoms with Gasteiger partial charge < -0.3 is 43.4 Å². The number of hydrogen-bond acceptors (Lipinski definition) is 16. The summed E-state index contributed by atoms with van der Waals surface area (Å²) >= 11 is 0. The van der Waals surface area contributed by atoms with Crippen molar-refractivity contribution < 1.29 is 74.6 Å². The van der Waals surface area contributed by atoms with Crippen molar-refractivity contribution in [1.82, 2.24) is 0 Å². The number of aliphatic hydroxyl groups is 2. The Labute approximate surface area is 533 Å². The van der Waals surface area contributed by atoms with Gasteiger partial charge in [0, 0.05) is 31.1 Å². The van der Waals surface area contributed by atoms with Gasteiger partial charge in [-0.3, -0.25) is 9.59 Å². The molecule has 0 saturated carbocycles. The Kier molecular flexibility index (Phi) is 28.4. The SMILES string of the molecule is C.C=C1[C@H](C)C[C@H](CCCOC(=O)C(C)(C)C)O[C@@H]1CC1O[C@H](C[C@H](C)COC(=O)c2ccccc2)[C@H](C)[C@H]1CS(=O)(=O)c1ccccc1.C=C1[C@H](C)C[C@H](CCCOC(=O)C(C)(C)C)O[C@@H]1CC1O[C@H](C[C@H](O)CO)[C@H](C)[C@H]1CS(=O)(=O)c1ccccc1. The van der Waals surface area contributed by atoms with Crippen molar-refractivity contribution in [1.29, 1.82) is 0 Å². The number of carbonyl (C=O) groups excluding carboxylic acids is 3. The highest BCUT2D eigenvalue weighted by Gasteiger charge is 2.48. The van der Waals surface area contributed by atoms with Crippen LogP contribution >= 0.6 is 0 Å². The molecule has 0 radical (unpaired) electrons. The molecule has 4 aliphatic heterocycles. The van der Waals surface area contributed by atoms with Crippen molar-refractivity contribution in [3.63, 3.8) is 0 Å². The lowest BCUT2D eigenvalue weighted by Crippen LogP contribution is -2.38. The Morgan fingerprint density at radius 2 is 0.966 bits per heavy atom. The molecule has 18 heteroatoms. The molecule has 0 amide bonds. The van der Waals surface area contributed by atoms with Crippen molar-refractivity contribution in [2.75, 3.05) is 37.9 Å². The molecule has 3 aromatic carbocycles. The number of rotatable bonds is 26. The van der Waals surface area contributed by atoms with Gasteiger partial charge in [0.05, 0.1) is 119 Å². The Morgan fingerprint density at radius 3 is 1.35 bits per heavy atom. The summed E-state index contributed by atoms with van der Waals surface area (Å²) in [6.45, 7) is 30.6. The first-order valence-corrected chi connectivity index (χ1v) is 35.1. The molecule has 4 heterocycles. The van der Waals surface area contributed by atoms with Crippen LogP contribution in [0.5, 0.6) is 0 Å². The van der Waals surface area contributed by atoms with Crippen molar-refractivity contribution in [2.24, 2.45) is 52.3 Å². The summed E-state index contributed by atoms with van der Waals surface area (Å²) in [6.07, 6.45) is 3.42. The third kappa shape index (κ3) is 21.9. The third-order valence-corrected chi connectivity index (χ3v) is 21.7. The fourth-order valence-corrected chi connectivity index (χ4v) is 15.9. The van der Waals surface area contributed by atoms with Crippen molar-refractivity contribution >= 4 is 37.6 Å². The van der Waals surface area contributed by atoms with E-state index in [1.165, 1.54) is 0 Å². The van der Waals surface area contributed by atoms with Gasteiger partial charge in [0.2, 0.25) is 0 Å². The lowest BCUT2D eigenvalue weighted by Gasteiger charge is -2.38. The highest BCUT2D eigenvalue weighted by atomic mass is 32.2. The van der Waals surface area contributed by atoms with E-state index in [9.17, 15) is 41.4 Å². The van der Waals surface area contributed by atoms with Gasteiger partial charge >= 0.3 is 17.9 Å². The lowest BCUT2D eigenvalue weighted by atomic mass is 9.82. The minimum atomic E-state index is -3.58. The van der Waals surface area contributed by atoms with Crippen LogP contribution in [0.25, 0.3) is 0 Å². The summed E-state index contributed by atoms with van der Waals surface area (Å²) < 4.78 is 96.7. The van der Waals surface area contributed by atoms with E-state index in [1.54, 1.807) is 78.9 Å². The largest absolute Gasteiger partial charge is 0.465 e. The Bertz CT molecular complexity index is 2940. The van der Waals surface area contributed by atoms with Crippen molar-refractivity contribution in [3.8, 4) is 0 Å². The number of esters is 3. The number of carbonyl (C=O) groups is 3. The molecule has 3 aromatic rings. The molecule has 0 aromatic heterocycles. The normalized spacial score (nSPS) is 28.1. The van der Waals surface area contributed by atoms with Crippen LogP contribution in [0.4, 0.5) is 0 Å². The molecule has 89 heavy (non-hydrogen) atoms. The number of benzene rings is 3. The first-order valence-electron chi connectivity index (χ1n) is 31.8. The quantitative estimate of drug-likeness (QED) is 0.0330. The van der Waals surface area contributed by atoms with Crippen LogP contribution in [0.3, 0.4) is 0 Å². The van der Waals surface area contributed by atoms with E-state index in [2.05, 4.69) is 33.9 Å². The predicted molar refractivity (Wildman–Crippen MR) is 346 cm³/mol. The second kappa shape index (κ2) is 33.7. The summed E-state index contributed by atoms with van der Waals surface area (Å²) in [5.41, 5.74) is 1.40. The van der Waals surface area contributed by atoms with E-state index >= 15 is 0 Å². The van der Waals surface area contributed by atoms with E-state index in [-0.39, 0.29) is 146 Å². The minimum Gasteiger partial charge on any atom is -0.465 e. The maximum Gasteiger partial charge on any atom is 0.338 e. The van der Waals surface area contributed by atoms with E-state index in [0.717, 1.165) is 36.8 Å². The van der Waals surface area contributed by atoms with Gasteiger partial charge in [-0.15, -0.1) is 0 Å². The van der Waals surface area contributed by atoms with Crippen LogP contribution in [-0.2, 0) is 62.4 Å². The van der Waals surface area contributed by atoms with Gasteiger partial charge in [0.25, 0.3) is 0 Å². The van der Waals surface area contributed by atoms with Crippen LogP contribution in [0, 0.1) is 52.3 Å². The van der Waals surface area contributed by atoms with Gasteiger partial charge in [0.1, 0.15) is 0 Å². The number of sulfone groups is 2. The van der Waals surface area contributed by atoms with E-state index < -0.39 is 42.7 Å². The molecule has 0 bridgehead atoms. The smallest absolute Gasteiger partial charge is 0.338 e. The second-order valence-electron chi connectivity index (χ2n) is 27.5. The second-order valence-corrected chi connectivity index (χ2v) is 31.6. The van der Waals surface area contributed by atoms with Gasteiger partial charge in [-0.2, -0.15) is 0 Å². The van der Waals surface area contributed by atoms with Crippen molar-refractivity contribution in [2.45, 2.75) is 213 Å². The van der Waals surface area contributed by atoms with Crippen molar-refractivity contribution in [3.05, 3.63) is 121 Å². The zero-order valence-electron chi connectivity index (χ0n) is 54.1.